The highest BCUT2D eigenvalue weighted by molar-refractivity contribution is 5.96. The number of hydrogen-bond acceptors (Lipinski definition) is 4. The van der Waals surface area contributed by atoms with E-state index in [1.807, 2.05) is 0 Å². The van der Waals surface area contributed by atoms with Crippen molar-refractivity contribution in [2.24, 2.45) is 0 Å². The van der Waals surface area contributed by atoms with Gasteiger partial charge in [0.1, 0.15) is 0 Å². The average molecular weight is 251 g/mol. The summed E-state index contributed by atoms with van der Waals surface area (Å²) in [5.41, 5.74) is 6.51. The van der Waals surface area contributed by atoms with Crippen molar-refractivity contribution in [3.63, 3.8) is 0 Å². The lowest BCUT2D eigenvalue weighted by Gasteiger charge is -2.08. The van der Waals surface area contributed by atoms with Crippen LogP contribution in [0.25, 0.3) is 0 Å². The van der Waals surface area contributed by atoms with Gasteiger partial charge in [0.2, 0.25) is 5.91 Å². The van der Waals surface area contributed by atoms with Crippen LogP contribution in [-0.2, 0) is 4.79 Å². The first kappa shape index (κ1) is 14.0. The van der Waals surface area contributed by atoms with Gasteiger partial charge in [0.05, 0.1) is 12.6 Å². The quantitative estimate of drug-likeness (QED) is 0.529. The zero-order valence-electron chi connectivity index (χ0n) is 10.1. The number of amides is 2. The van der Waals surface area contributed by atoms with E-state index in [4.69, 9.17) is 10.8 Å². The number of nitrogens with two attached hydrogens (primary N) is 1. The van der Waals surface area contributed by atoms with Gasteiger partial charge in [-0.25, -0.2) is 0 Å². The number of hydrogen-bond donors (Lipinski definition) is 4. The summed E-state index contributed by atoms with van der Waals surface area (Å²) in [6.45, 7) is 1.60. The smallest absolute Gasteiger partial charge is 0.251 e. The fourth-order valence-corrected chi connectivity index (χ4v) is 1.22. The third-order valence-electron chi connectivity index (χ3n) is 2.18. The number of nitrogens with one attached hydrogen (secondary N) is 2. The Morgan fingerprint density at radius 3 is 2.44 bits per heavy atom. The molecule has 0 saturated carbocycles. The van der Waals surface area contributed by atoms with Crippen LogP contribution in [0.15, 0.2) is 24.3 Å². The Labute approximate surface area is 105 Å². The maximum Gasteiger partial charge on any atom is 0.251 e. The molecule has 0 aliphatic rings. The summed E-state index contributed by atoms with van der Waals surface area (Å²) in [5, 5.41) is 13.9. The Hall–Kier alpha value is -2.08. The van der Waals surface area contributed by atoms with Gasteiger partial charge in [-0.15, -0.1) is 0 Å². The van der Waals surface area contributed by atoms with E-state index in [-0.39, 0.29) is 24.9 Å². The van der Waals surface area contributed by atoms with E-state index in [9.17, 15) is 9.59 Å². The van der Waals surface area contributed by atoms with Gasteiger partial charge >= 0.3 is 0 Å². The molecule has 1 unspecified atom stereocenters. The van der Waals surface area contributed by atoms with E-state index in [1.54, 1.807) is 31.2 Å². The molecule has 0 radical (unpaired) electrons. The molecule has 0 aromatic heterocycles. The van der Waals surface area contributed by atoms with E-state index in [2.05, 4.69) is 10.6 Å². The summed E-state index contributed by atoms with van der Waals surface area (Å²) in [5.74, 6) is -0.693. The van der Waals surface area contributed by atoms with E-state index >= 15 is 0 Å². The Balaban J connectivity index is 2.37. The van der Waals surface area contributed by atoms with Gasteiger partial charge in [-0.05, 0) is 31.2 Å². The summed E-state index contributed by atoms with van der Waals surface area (Å²) in [7, 11) is 0. The first-order valence-electron chi connectivity index (χ1n) is 5.57. The molecular weight excluding hydrogens is 234 g/mol. The third kappa shape index (κ3) is 4.84. The minimum absolute atomic E-state index is 0.129. The van der Waals surface area contributed by atoms with Crippen LogP contribution in [-0.4, -0.2) is 36.1 Å². The van der Waals surface area contributed by atoms with Crippen LogP contribution < -0.4 is 16.4 Å². The first-order valence-corrected chi connectivity index (χ1v) is 5.57. The summed E-state index contributed by atoms with van der Waals surface area (Å²) in [6.07, 6.45) is -0.609. The molecule has 2 amide bonds. The van der Waals surface area contributed by atoms with Crippen molar-refractivity contribution in [1.82, 2.24) is 10.6 Å². The lowest BCUT2D eigenvalue weighted by Crippen LogP contribution is -2.39. The normalized spacial score (nSPS) is 11.7. The molecule has 1 atom stereocenters. The highest BCUT2D eigenvalue weighted by Gasteiger charge is 2.07. The molecule has 1 rings (SSSR count). The fraction of sp³-hybridized carbons (Fsp3) is 0.333. The van der Waals surface area contributed by atoms with Crippen molar-refractivity contribution in [3.8, 4) is 0 Å². The van der Waals surface area contributed by atoms with Crippen molar-refractivity contribution in [2.75, 3.05) is 18.8 Å². The number of nitrogen functional groups attached to an aromatic ring is 1. The molecular formula is C12H17N3O3. The van der Waals surface area contributed by atoms with Gasteiger partial charge in [-0.3, -0.25) is 9.59 Å². The molecule has 6 nitrogen and oxygen atoms in total. The number of aliphatic hydroxyl groups is 1. The predicted octanol–water partition coefficient (Wildman–Crippen LogP) is -0.504. The van der Waals surface area contributed by atoms with Crippen LogP contribution in [0.3, 0.4) is 0 Å². The molecule has 0 spiro atoms. The minimum atomic E-state index is -0.609. The van der Waals surface area contributed by atoms with Gasteiger partial charge in [0.25, 0.3) is 5.91 Å². The second-order valence-electron chi connectivity index (χ2n) is 3.96. The summed E-state index contributed by atoms with van der Waals surface area (Å²) in [6, 6.07) is 6.39. The van der Waals surface area contributed by atoms with Gasteiger partial charge in [-0.1, -0.05) is 0 Å². The Bertz CT molecular complexity index is 415. The summed E-state index contributed by atoms with van der Waals surface area (Å²) >= 11 is 0. The molecule has 0 fully saturated rings. The summed E-state index contributed by atoms with van der Waals surface area (Å²) < 4.78 is 0. The number of aliphatic hydroxyl groups excluding tert-OH is 1. The molecule has 0 aliphatic heterocycles. The van der Waals surface area contributed by atoms with E-state index in [1.165, 1.54) is 0 Å². The average Bonchev–Trinajstić information content (AvgIpc) is 2.34. The second-order valence-corrected chi connectivity index (χ2v) is 3.96. The van der Waals surface area contributed by atoms with Crippen molar-refractivity contribution in [2.45, 2.75) is 13.0 Å². The molecule has 6 heteroatoms. The molecule has 18 heavy (non-hydrogen) atoms. The first-order chi connectivity index (χ1) is 8.49. The van der Waals surface area contributed by atoms with Crippen molar-refractivity contribution >= 4 is 17.5 Å². The monoisotopic (exact) mass is 251 g/mol. The van der Waals surface area contributed by atoms with Crippen molar-refractivity contribution in [1.29, 1.82) is 0 Å². The maximum atomic E-state index is 11.6. The van der Waals surface area contributed by atoms with Crippen LogP contribution in [0, 0.1) is 0 Å². The molecule has 0 bridgehead atoms. The third-order valence-corrected chi connectivity index (χ3v) is 2.18. The van der Waals surface area contributed by atoms with Crippen molar-refractivity contribution < 1.29 is 14.7 Å². The molecule has 98 valence electrons. The molecule has 5 N–H and O–H groups in total. The molecule has 1 aromatic rings. The topological polar surface area (TPSA) is 104 Å². The minimum Gasteiger partial charge on any atom is -0.399 e. The van der Waals surface area contributed by atoms with Crippen LogP contribution in [0.1, 0.15) is 17.3 Å². The molecule has 0 aliphatic carbocycles. The molecule has 0 saturated heterocycles. The van der Waals surface area contributed by atoms with Crippen LogP contribution in [0.4, 0.5) is 5.69 Å². The largest absolute Gasteiger partial charge is 0.399 e. The Kier molecular flexibility index (Phi) is 5.13. The molecule has 0 heterocycles. The lowest BCUT2D eigenvalue weighted by atomic mass is 10.2. The standard InChI is InChI=1S/C12H17N3O3/c1-8(16)6-14-11(17)7-15-12(18)9-2-4-10(13)5-3-9/h2-5,8,16H,6-7,13H2,1H3,(H,14,17)(H,15,18). The summed E-state index contributed by atoms with van der Waals surface area (Å²) in [4.78, 5) is 22.9. The number of carbonyl (C=O) groups is 2. The SMILES string of the molecule is CC(O)CNC(=O)CNC(=O)c1ccc(N)cc1. The number of benzene rings is 1. The van der Waals surface area contributed by atoms with Gasteiger partial charge < -0.3 is 21.5 Å². The van der Waals surface area contributed by atoms with E-state index < -0.39 is 6.10 Å². The van der Waals surface area contributed by atoms with Crippen molar-refractivity contribution in [3.05, 3.63) is 29.8 Å². The Morgan fingerprint density at radius 2 is 1.89 bits per heavy atom. The van der Waals surface area contributed by atoms with Gasteiger partial charge in [-0.2, -0.15) is 0 Å². The zero-order chi connectivity index (χ0) is 13.5. The van der Waals surface area contributed by atoms with Gasteiger partial charge in [0, 0.05) is 17.8 Å². The van der Waals surface area contributed by atoms with Crippen LogP contribution in [0.2, 0.25) is 0 Å². The number of carbonyl (C=O) groups excluding carboxylic acids is 2. The molecule has 1 aromatic carbocycles. The van der Waals surface area contributed by atoms with Gasteiger partial charge in [0.15, 0.2) is 0 Å². The van der Waals surface area contributed by atoms with E-state index in [0.717, 1.165) is 0 Å². The lowest BCUT2D eigenvalue weighted by molar-refractivity contribution is -0.120. The second kappa shape index (κ2) is 6.61. The highest BCUT2D eigenvalue weighted by atomic mass is 16.3. The van der Waals surface area contributed by atoms with Crippen LogP contribution in [0.5, 0.6) is 0 Å². The van der Waals surface area contributed by atoms with E-state index in [0.29, 0.717) is 11.3 Å². The number of anilines is 1. The fourth-order valence-electron chi connectivity index (χ4n) is 1.22. The highest BCUT2D eigenvalue weighted by Crippen LogP contribution is 2.04. The maximum absolute atomic E-state index is 11.6. The Morgan fingerprint density at radius 1 is 1.28 bits per heavy atom. The number of rotatable bonds is 5. The van der Waals surface area contributed by atoms with Crippen LogP contribution >= 0.6 is 0 Å². The zero-order valence-corrected chi connectivity index (χ0v) is 10.1. The predicted molar refractivity (Wildman–Crippen MR) is 67.9 cm³/mol.